The minimum absolute atomic E-state index is 0.00731. The average molecular weight is 333 g/mol. The molecular weight excluding hydrogens is 324 g/mol. The van der Waals surface area contributed by atoms with Crippen molar-refractivity contribution in [1.82, 2.24) is 39.3 Å². The molecule has 4 aromatic rings. The third-order valence-corrected chi connectivity index (χ3v) is 3.35. The Hall–Kier alpha value is -3.21. The standard InChI is InChI=1S/C11H9ClN10O/c1-23-11-18-7(14)5-9(20-11)22(3-16-5)21-2-15-4-6(13)17-10(12)19-8(4)21/h2-3H,1H3,(H2,13,17,19)(H2,14,18,20). The summed E-state index contributed by atoms with van der Waals surface area (Å²) in [5, 5.41) is 0.00731. The monoisotopic (exact) mass is 332 g/mol. The van der Waals surface area contributed by atoms with Gasteiger partial charge in [-0.3, -0.25) is 0 Å². The zero-order valence-electron chi connectivity index (χ0n) is 11.7. The number of nitrogen functional groups attached to an aromatic ring is 2. The summed E-state index contributed by atoms with van der Waals surface area (Å²) in [4.78, 5) is 24.6. The summed E-state index contributed by atoms with van der Waals surface area (Å²) in [5.41, 5.74) is 13.3. The van der Waals surface area contributed by atoms with Gasteiger partial charge in [0.15, 0.2) is 34.0 Å². The number of aromatic nitrogens is 8. The van der Waals surface area contributed by atoms with Crippen molar-refractivity contribution in [3.63, 3.8) is 0 Å². The van der Waals surface area contributed by atoms with E-state index in [2.05, 4.69) is 29.9 Å². The molecule has 0 spiro atoms. The molecule has 4 N–H and O–H groups in total. The van der Waals surface area contributed by atoms with E-state index < -0.39 is 0 Å². The molecule has 0 saturated heterocycles. The van der Waals surface area contributed by atoms with E-state index in [9.17, 15) is 0 Å². The zero-order chi connectivity index (χ0) is 16.1. The molecular formula is C11H9ClN10O. The Balaban J connectivity index is 2.05. The quantitative estimate of drug-likeness (QED) is 0.487. The largest absolute Gasteiger partial charge is 0.467 e. The van der Waals surface area contributed by atoms with Crippen LogP contribution in [0.25, 0.3) is 22.3 Å². The maximum atomic E-state index is 5.87. The lowest BCUT2D eigenvalue weighted by molar-refractivity contribution is 0.381. The van der Waals surface area contributed by atoms with Crippen LogP contribution in [0.15, 0.2) is 12.7 Å². The number of nitrogens with zero attached hydrogens (tertiary/aromatic N) is 8. The fraction of sp³-hybridized carbons (Fsp3) is 0.0909. The molecule has 0 aliphatic heterocycles. The maximum absolute atomic E-state index is 5.87. The van der Waals surface area contributed by atoms with E-state index >= 15 is 0 Å². The molecule has 0 atom stereocenters. The van der Waals surface area contributed by atoms with E-state index in [1.54, 1.807) is 9.35 Å². The molecule has 0 fully saturated rings. The van der Waals surface area contributed by atoms with Gasteiger partial charge in [-0.25, -0.2) is 19.3 Å². The van der Waals surface area contributed by atoms with Gasteiger partial charge in [0.2, 0.25) is 5.28 Å². The van der Waals surface area contributed by atoms with Crippen LogP contribution >= 0.6 is 11.6 Å². The highest BCUT2D eigenvalue weighted by Crippen LogP contribution is 2.22. The molecule has 0 aliphatic rings. The van der Waals surface area contributed by atoms with Crippen LogP contribution in [-0.4, -0.2) is 46.4 Å². The van der Waals surface area contributed by atoms with Crippen molar-refractivity contribution in [2.24, 2.45) is 0 Å². The van der Waals surface area contributed by atoms with Crippen LogP contribution in [0.5, 0.6) is 6.01 Å². The van der Waals surface area contributed by atoms with E-state index in [0.717, 1.165) is 0 Å². The zero-order valence-corrected chi connectivity index (χ0v) is 12.4. The molecule has 4 aromatic heterocycles. The molecule has 23 heavy (non-hydrogen) atoms. The molecule has 0 aromatic carbocycles. The number of fused-ring (bicyclic) bond motifs is 2. The Kier molecular flexibility index (Phi) is 2.72. The van der Waals surface area contributed by atoms with Crippen molar-refractivity contribution in [2.75, 3.05) is 18.6 Å². The number of nitrogens with two attached hydrogens (primary N) is 2. The predicted octanol–water partition coefficient (Wildman–Crippen LogP) is 0.104. The van der Waals surface area contributed by atoms with Gasteiger partial charge in [-0.05, 0) is 11.6 Å². The summed E-state index contributed by atoms with van der Waals surface area (Å²) in [7, 11) is 1.45. The summed E-state index contributed by atoms with van der Waals surface area (Å²) in [6.45, 7) is 0. The number of ether oxygens (including phenoxy) is 1. The summed E-state index contributed by atoms with van der Waals surface area (Å²) in [6.07, 6.45) is 3.00. The van der Waals surface area contributed by atoms with E-state index in [0.29, 0.717) is 22.3 Å². The molecule has 0 radical (unpaired) electrons. The van der Waals surface area contributed by atoms with Crippen molar-refractivity contribution in [2.45, 2.75) is 0 Å². The molecule has 12 heteroatoms. The van der Waals surface area contributed by atoms with Gasteiger partial charge < -0.3 is 16.2 Å². The maximum Gasteiger partial charge on any atom is 0.320 e. The molecule has 0 saturated carbocycles. The number of anilines is 2. The van der Waals surface area contributed by atoms with Crippen LogP contribution in [0.1, 0.15) is 0 Å². The van der Waals surface area contributed by atoms with E-state index in [1.807, 2.05) is 0 Å². The number of halogens is 1. The first-order valence-corrected chi connectivity index (χ1v) is 6.67. The third kappa shape index (κ3) is 1.90. The summed E-state index contributed by atoms with van der Waals surface area (Å²) < 4.78 is 8.18. The Morgan fingerprint density at radius 3 is 2.09 bits per heavy atom. The third-order valence-electron chi connectivity index (χ3n) is 3.18. The minimum atomic E-state index is 0.00731. The minimum Gasteiger partial charge on any atom is -0.467 e. The topological polar surface area (TPSA) is 148 Å². The van der Waals surface area contributed by atoms with E-state index in [-0.39, 0.29) is 22.9 Å². The molecule has 0 unspecified atom stereocenters. The molecule has 0 aliphatic carbocycles. The van der Waals surface area contributed by atoms with Crippen molar-refractivity contribution >= 4 is 45.6 Å². The van der Waals surface area contributed by atoms with Crippen molar-refractivity contribution in [1.29, 1.82) is 0 Å². The second-order valence-corrected chi connectivity index (χ2v) is 4.83. The molecule has 0 bridgehead atoms. The number of hydrogen-bond acceptors (Lipinski definition) is 9. The van der Waals surface area contributed by atoms with Gasteiger partial charge in [0, 0.05) is 0 Å². The lowest BCUT2D eigenvalue weighted by atomic mass is 10.5. The van der Waals surface area contributed by atoms with Gasteiger partial charge >= 0.3 is 6.01 Å². The number of rotatable bonds is 2. The molecule has 0 amide bonds. The first kappa shape index (κ1) is 13.5. The van der Waals surface area contributed by atoms with Gasteiger partial charge in [0.1, 0.15) is 12.7 Å². The average Bonchev–Trinajstić information content (AvgIpc) is 3.10. The Labute approximate surface area is 132 Å². The lowest BCUT2D eigenvalue weighted by Gasteiger charge is -2.06. The molecule has 116 valence electrons. The molecule has 4 rings (SSSR count). The van der Waals surface area contributed by atoms with Gasteiger partial charge in [0.25, 0.3) is 0 Å². The van der Waals surface area contributed by atoms with Gasteiger partial charge in [-0.2, -0.15) is 19.9 Å². The highest BCUT2D eigenvalue weighted by molar-refractivity contribution is 6.28. The van der Waals surface area contributed by atoms with Crippen LogP contribution < -0.4 is 16.2 Å². The van der Waals surface area contributed by atoms with E-state index in [4.69, 9.17) is 27.8 Å². The normalized spacial score (nSPS) is 11.4. The van der Waals surface area contributed by atoms with Gasteiger partial charge in [0.05, 0.1) is 7.11 Å². The lowest BCUT2D eigenvalue weighted by Crippen LogP contribution is -2.09. The second kappa shape index (κ2) is 4.64. The molecule has 11 nitrogen and oxygen atoms in total. The fourth-order valence-electron chi connectivity index (χ4n) is 2.18. The van der Waals surface area contributed by atoms with E-state index in [1.165, 1.54) is 19.8 Å². The first-order valence-electron chi connectivity index (χ1n) is 6.29. The number of imidazole rings is 2. The van der Waals surface area contributed by atoms with Crippen LogP contribution in [0.2, 0.25) is 5.28 Å². The van der Waals surface area contributed by atoms with Crippen LogP contribution in [0, 0.1) is 0 Å². The van der Waals surface area contributed by atoms with Crippen LogP contribution in [-0.2, 0) is 0 Å². The van der Waals surface area contributed by atoms with Gasteiger partial charge in [-0.1, -0.05) is 0 Å². The Morgan fingerprint density at radius 2 is 1.48 bits per heavy atom. The smallest absolute Gasteiger partial charge is 0.320 e. The Bertz CT molecular complexity index is 1050. The van der Waals surface area contributed by atoms with Crippen molar-refractivity contribution < 1.29 is 4.74 Å². The van der Waals surface area contributed by atoms with Crippen LogP contribution in [0.4, 0.5) is 11.6 Å². The predicted molar refractivity (Wildman–Crippen MR) is 81.8 cm³/mol. The first-order chi connectivity index (χ1) is 11.1. The summed E-state index contributed by atoms with van der Waals surface area (Å²) >= 11 is 5.87. The SMILES string of the molecule is COc1nc(N)c2ncn(-n3cnc4c(N)nc(Cl)nc43)c2n1. The summed E-state index contributed by atoms with van der Waals surface area (Å²) in [5.74, 6) is 0.372. The highest BCUT2D eigenvalue weighted by Gasteiger charge is 2.16. The number of hydrogen-bond donors (Lipinski definition) is 2. The van der Waals surface area contributed by atoms with Crippen LogP contribution in [0.3, 0.4) is 0 Å². The summed E-state index contributed by atoms with van der Waals surface area (Å²) in [6, 6.07) is 0.119. The number of methoxy groups -OCH3 is 1. The molecule has 4 heterocycles. The van der Waals surface area contributed by atoms with Gasteiger partial charge in [-0.15, -0.1) is 0 Å². The van der Waals surface area contributed by atoms with Crippen molar-refractivity contribution in [3.8, 4) is 6.01 Å². The second-order valence-electron chi connectivity index (χ2n) is 4.50. The Morgan fingerprint density at radius 1 is 0.913 bits per heavy atom. The highest BCUT2D eigenvalue weighted by atomic mass is 35.5. The van der Waals surface area contributed by atoms with Crippen molar-refractivity contribution in [3.05, 3.63) is 17.9 Å². The fourth-order valence-corrected chi connectivity index (χ4v) is 2.35.